The van der Waals surface area contributed by atoms with E-state index in [1.807, 2.05) is 0 Å². The van der Waals surface area contributed by atoms with Gasteiger partial charge in [-0.05, 0) is 57.0 Å². The first kappa shape index (κ1) is 13.1. The van der Waals surface area contributed by atoms with Crippen molar-refractivity contribution < 1.29 is 4.79 Å². The van der Waals surface area contributed by atoms with Crippen LogP contribution in [-0.2, 0) is 4.79 Å². The van der Waals surface area contributed by atoms with Gasteiger partial charge in [0.2, 0.25) is 0 Å². The summed E-state index contributed by atoms with van der Waals surface area (Å²) in [5, 5.41) is 0. The highest BCUT2D eigenvalue weighted by molar-refractivity contribution is 5.82. The van der Waals surface area contributed by atoms with Gasteiger partial charge in [-0.1, -0.05) is 13.8 Å². The fourth-order valence-corrected chi connectivity index (χ4v) is 3.58. The van der Waals surface area contributed by atoms with Gasteiger partial charge in [0.1, 0.15) is 5.78 Å². The molecule has 0 amide bonds. The number of hydrogen-bond donors (Lipinski definition) is 0. The van der Waals surface area contributed by atoms with Crippen molar-refractivity contribution in [2.45, 2.75) is 58.8 Å². The van der Waals surface area contributed by atoms with Gasteiger partial charge >= 0.3 is 0 Å². The van der Waals surface area contributed by atoms with Crippen LogP contribution in [-0.4, -0.2) is 30.3 Å². The zero-order valence-corrected chi connectivity index (χ0v) is 11.5. The zero-order valence-electron chi connectivity index (χ0n) is 11.5. The number of rotatable bonds is 5. The summed E-state index contributed by atoms with van der Waals surface area (Å²) >= 11 is 0. The van der Waals surface area contributed by atoms with Gasteiger partial charge in [0.25, 0.3) is 0 Å². The van der Waals surface area contributed by atoms with E-state index in [1.54, 1.807) is 0 Å². The summed E-state index contributed by atoms with van der Waals surface area (Å²) in [6.45, 7) is 8.32. The van der Waals surface area contributed by atoms with Crippen molar-refractivity contribution >= 4 is 5.78 Å². The van der Waals surface area contributed by atoms with E-state index in [0.717, 1.165) is 32.2 Å². The minimum atomic E-state index is 0.397. The molecule has 0 spiro atoms. The van der Waals surface area contributed by atoms with Crippen LogP contribution in [0.4, 0.5) is 0 Å². The van der Waals surface area contributed by atoms with Crippen LogP contribution in [0.5, 0.6) is 0 Å². The number of Topliss-reactive ketones (excluding diaryl/α,β-unsaturated/α-hetero) is 1. The van der Waals surface area contributed by atoms with Gasteiger partial charge < -0.3 is 4.90 Å². The van der Waals surface area contributed by atoms with Gasteiger partial charge in [0.05, 0.1) is 0 Å². The second kappa shape index (κ2) is 5.51. The smallest absolute Gasteiger partial charge is 0.136 e. The molecular weight excluding hydrogens is 210 g/mol. The molecule has 2 fully saturated rings. The summed E-state index contributed by atoms with van der Waals surface area (Å²) in [7, 11) is 0. The van der Waals surface area contributed by atoms with Gasteiger partial charge in [0, 0.05) is 18.9 Å². The molecule has 0 aromatic rings. The van der Waals surface area contributed by atoms with E-state index in [0.29, 0.717) is 17.1 Å². The van der Waals surface area contributed by atoms with E-state index in [2.05, 4.69) is 18.7 Å². The van der Waals surface area contributed by atoms with Crippen LogP contribution in [0.25, 0.3) is 0 Å². The molecular formula is C15H27NO. The molecule has 98 valence electrons. The lowest BCUT2D eigenvalue weighted by atomic mass is 9.82. The summed E-state index contributed by atoms with van der Waals surface area (Å²) in [6, 6.07) is 0. The van der Waals surface area contributed by atoms with Gasteiger partial charge in [-0.25, -0.2) is 0 Å². The van der Waals surface area contributed by atoms with Crippen LogP contribution in [0.3, 0.4) is 0 Å². The lowest BCUT2D eigenvalue weighted by Gasteiger charge is -2.26. The van der Waals surface area contributed by atoms with Crippen LogP contribution >= 0.6 is 0 Å². The number of likely N-dealkylation sites (tertiary alicyclic amines) is 1. The fourth-order valence-electron chi connectivity index (χ4n) is 3.58. The van der Waals surface area contributed by atoms with E-state index < -0.39 is 0 Å². The van der Waals surface area contributed by atoms with E-state index in [1.165, 1.54) is 32.4 Å². The van der Waals surface area contributed by atoms with Gasteiger partial charge in [-0.2, -0.15) is 0 Å². The number of carbonyl (C=O) groups is 1. The molecule has 1 aliphatic heterocycles. The zero-order chi connectivity index (χ0) is 12.3. The van der Waals surface area contributed by atoms with Crippen LogP contribution in [0.1, 0.15) is 58.8 Å². The molecule has 2 nitrogen and oxygen atoms in total. The lowest BCUT2D eigenvalue weighted by Crippen LogP contribution is -2.28. The highest BCUT2D eigenvalue weighted by atomic mass is 16.1. The lowest BCUT2D eigenvalue weighted by molar-refractivity contribution is -0.120. The van der Waals surface area contributed by atoms with E-state index in [-0.39, 0.29) is 0 Å². The SMILES string of the molecule is CCC1(CC)CCN(CCC2CCCC2=O)C1. The maximum Gasteiger partial charge on any atom is 0.136 e. The van der Waals surface area contributed by atoms with Crippen molar-refractivity contribution in [1.29, 1.82) is 0 Å². The standard InChI is InChI=1S/C15H27NO/c1-3-15(4-2)9-11-16(12-15)10-8-13-6-5-7-14(13)17/h13H,3-12H2,1-2H3. The van der Waals surface area contributed by atoms with E-state index >= 15 is 0 Å². The van der Waals surface area contributed by atoms with E-state index in [4.69, 9.17) is 0 Å². The minimum Gasteiger partial charge on any atom is -0.303 e. The maximum atomic E-state index is 11.6. The Labute approximate surface area is 106 Å². The van der Waals surface area contributed by atoms with Crippen LogP contribution in [0.2, 0.25) is 0 Å². The van der Waals surface area contributed by atoms with Crippen LogP contribution < -0.4 is 0 Å². The average molecular weight is 237 g/mol. The molecule has 1 atom stereocenters. The quantitative estimate of drug-likeness (QED) is 0.731. The fraction of sp³-hybridized carbons (Fsp3) is 0.933. The molecule has 0 aromatic heterocycles. The Kier molecular flexibility index (Phi) is 4.24. The molecule has 1 saturated heterocycles. The van der Waals surface area contributed by atoms with Crippen molar-refractivity contribution in [2.24, 2.45) is 11.3 Å². The van der Waals surface area contributed by atoms with Crippen molar-refractivity contribution in [3.63, 3.8) is 0 Å². The van der Waals surface area contributed by atoms with Crippen molar-refractivity contribution in [3.8, 4) is 0 Å². The Morgan fingerprint density at radius 2 is 2.12 bits per heavy atom. The van der Waals surface area contributed by atoms with Crippen molar-refractivity contribution in [3.05, 3.63) is 0 Å². The first-order valence-corrected chi connectivity index (χ1v) is 7.44. The summed E-state index contributed by atoms with van der Waals surface area (Å²) in [5.41, 5.74) is 0.583. The van der Waals surface area contributed by atoms with Crippen molar-refractivity contribution in [1.82, 2.24) is 4.90 Å². The minimum absolute atomic E-state index is 0.397. The number of nitrogens with zero attached hydrogens (tertiary/aromatic N) is 1. The molecule has 0 N–H and O–H groups in total. The molecule has 1 aliphatic carbocycles. The third-order valence-corrected chi connectivity index (χ3v) is 5.24. The topological polar surface area (TPSA) is 20.3 Å². The molecule has 0 radical (unpaired) electrons. The van der Waals surface area contributed by atoms with E-state index in [9.17, 15) is 4.79 Å². The summed E-state index contributed by atoms with van der Waals surface area (Å²) in [6.07, 6.45) is 8.22. The van der Waals surface area contributed by atoms with Gasteiger partial charge in [-0.15, -0.1) is 0 Å². The second-order valence-electron chi connectivity index (χ2n) is 6.08. The van der Waals surface area contributed by atoms with Gasteiger partial charge in [0.15, 0.2) is 0 Å². The van der Waals surface area contributed by atoms with Crippen LogP contribution in [0.15, 0.2) is 0 Å². The Hall–Kier alpha value is -0.370. The average Bonchev–Trinajstić information content (AvgIpc) is 2.94. The normalized spacial score (nSPS) is 29.1. The molecule has 0 aromatic carbocycles. The van der Waals surface area contributed by atoms with Crippen LogP contribution in [0, 0.1) is 11.3 Å². The highest BCUT2D eigenvalue weighted by Gasteiger charge is 2.35. The predicted molar refractivity (Wildman–Crippen MR) is 71.0 cm³/mol. The summed E-state index contributed by atoms with van der Waals surface area (Å²) in [4.78, 5) is 14.2. The number of hydrogen-bond acceptors (Lipinski definition) is 2. The molecule has 2 aliphatic rings. The number of carbonyl (C=O) groups excluding carboxylic acids is 1. The molecule has 0 bridgehead atoms. The Morgan fingerprint density at radius 3 is 2.65 bits per heavy atom. The Morgan fingerprint density at radius 1 is 1.35 bits per heavy atom. The Bertz CT molecular complexity index is 270. The first-order valence-electron chi connectivity index (χ1n) is 7.44. The Balaban J connectivity index is 1.76. The molecule has 17 heavy (non-hydrogen) atoms. The first-order chi connectivity index (χ1) is 8.19. The monoisotopic (exact) mass is 237 g/mol. The van der Waals surface area contributed by atoms with Crippen molar-refractivity contribution in [2.75, 3.05) is 19.6 Å². The largest absolute Gasteiger partial charge is 0.303 e. The maximum absolute atomic E-state index is 11.6. The molecule has 1 unspecified atom stereocenters. The summed E-state index contributed by atoms with van der Waals surface area (Å²) in [5.74, 6) is 0.926. The molecule has 1 heterocycles. The highest BCUT2D eigenvalue weighted by Crippen LogP contribution is 2.37. The molecule has 1 saturated carbocycles. The molecule has 2 rings (SSSR count). The predicted octanol–water partition coefficient (Wildman–Crippen LogP) is 3.26. The molecule has 2 heteroatoms. The van der Waals surface area contributed by atoms with Gasteiger partial charge in [-0.3, -0.25) is 4.79 Å². The third-order valence-electron chi connectivity index (χ3n) is 5.24. The number of ketones is 1. The third kappa shape index (κ3) is 2.90. The summed E-state index contributed by atoms with van der Waals surface area (Å²) < 4.78 is 0. The second-order valence-corrected chi connectivity index (χ2v) is 6.08.